The van der Waals surface area contributed by atoms with Gasteiger partial charge in [0.25, 0.3) is 0 Å². The van der Waals surface area contributed by atoms with Crippen LogP contribution in [0.5, 0.6) is 5.75 Å². The van der Waals surface area contributed by atoms with Crippen LogP contribution in [0, 0.1) is 23.7 Å². The first kappa shape index (κ1) is 21.8. The van der Waals surface area contributed by atoms with Crippen LogP contribution in [0.15, 0.2) is 24.3 Å². The normalized spacial score (nSPS) is 31.9. The first-order valence-corrected chi connectivity index (χ1v) is 12.3. The molecule has 8 heteroatoms. The van der Waals surface area contributed by atoms with Crippen LogP contribution in [0.4, 0.5) is 5.69 Å². The van der Waals surface area contributed by atoms with Crippen molar-refractivity contribution in [2.45, 2.75) is 41.8 Å². The molecule has 1 aromatic rings. The van der Waals surface area contributed by atoms with Crippen LogP contribution in [-0.4, -0.2) is 45.9 Å². The van der Waals surface area contributed by atoms with Crippen molar-refractivity contribution in [1.29, 1.82) is 0 Å². The Labute approximate surface area is 193 Å². The number of nitrogens with one attached hydrogen (secondary N) is 1. The Morgan fingerprint density at radius 3 is 2.40 bits per heavy atom. The largest absolute Gasteiger partial charge is 0.497 e. The molecular weight excluding hydrogens is 516 g/mol. The van der Waals surface area contributed by atoms with Crippen molar-refractivity contribution >= 4 is 55.3 Å². The van der Waals surface area contributed by atoms with Crippen LogP contribution >= 0.6 is 31.9 Å². The quantitative estimate of drug-likeness (QED) is 0.307. The summed E-state index contributed by atoms with van der Waals surface area (Å²) < 4.78 is 5.16. The number of halogens is 2. The molecule has 6 atom stereocenters. The maximum Gasteiger partial charge on any atom is 0.233 e. The average molecular weight is 542 g/mol. The molecule has 2 bridgehead atoms. The van der Waals surface area contributed by atoms with Crippen LogP contribution < -0.4 is 10.1 Å². The molecule has 1 saturated heterocycles. The fraction of sp³-hybridized carbons (Fsp3) is 0.591. The number of rotatable bonds is 8. The molecule has 0 spiro atoms. The molecule has 1 N–H and O–H groups in total. The summed E-state index contributed by atoms with van der Waals surface area (Å²) in [4.78, 5) is 39.9. The fourth-order valence-electron chi connectivity index (χ4n) is 5.29. The number of amides is 3. The molecular formula is C22H26Br2N2O4. The predicted molar refractivity (Wildman–Crippen MR) is 121 cm³/mol. The van der Waals surface area contributed by atoms with Gasteiger partial charge in [-0.25, -0.2) is 0 Å². The van der Waals surface area contributed by atoms with Gasteiger partial charge in [0.2, 0.25) is 17.7 Å². The summed E-state index contributed by atoms with van der Waals surface area (Å²) >= 11 is 7.42. The van der Waals surface area contributed by atoms with Crippen LogP contribution in [0.25, 0.3) is 0 Å². The van der Waals surface area contributed by atoms with Gasteiger partial charge in [-0.05, 0) is 43.2 Å². The molecule has 0 radical (unpaired) electrons. The third kappa shape index (κ3) is 3.93. The van der Waals surface area contributed by atoms with Gasteiger partial charge in [0.1, 0.15) is 5.75 Å². The van der Waals surface area contributed by atoms with Crippen LogP contribution in [-0.2, 0) is 14.4 Å². The van der Waals surface area contributed by atoms with Crippen LogP contribution in [0.3, 0.4) is 0 Å². The number of hydrogen-bond donors (Lipinski definition) is 1. The molecule has 162 valence electrons. The maximum atomic E-state index is 12.9. The minimum absolute atomic E-state index is 0.0112. The lowest BCUT2D eigenvalue weighted by Crippen LogP contribution is -2.37. The molecule has 4 rings (SSSR count). The number of imide groups is 1. The summed E-state index contributed by atoms with van der Waals surface area (Å²) in [6, 6.07) is 7.26. The van der Waals surface area contributed by atoms with Crippen molar-refractivity contribution in [3.8, 4) is 5.75 Å². The lowest BCUT2D eigenvalue weighted by atomic mass is 9.81. The molecule has 6 nitrogen and oxygen atoms in total. The predicted octanol–water partition coefficient (Wildman–Crippen LogP) is 3.97. The molecule has 3 amide bonds. The van der Waals surface area contributed by atoms with Crippen molar-refractivity contribution in [2.75, 3.05) is 19.0 Å². The second-order valence-corrected chi connectivity index (χ2v) is 10.5. The van der Waals surface area contributed by atoms with Gasteiger partial charge in [0, 0.05) is 34.4 Å². The third-order valence-corrected chi connectivity index (χ3v) is 9.92. The van der Waals surface area contributed by atoms with Crippen LogP contribution in [0.1, 0.15) is 32.1 Å². The highest BCUT2D eigenvalue weighted by molar-refractivity contribution is 9.12. The zero-order valence-electron chi connectivity index (χ0n) is 16.9. The van der Waals surface area contributed by atoms with E-state index in [0.717, 1.165) is 25.7 Å². The molecule has 30 heavy (non-hydrogen) atoms. The topological polar surface area (TPSA) is 75.7 Å². The van der Waals surface area contributed by atoms with Gasteiger partial charge in [-0.3, -0.25) is 19.3 Å². The van der Waals surface area contributed by atoms with E-state index in [-0.39, 0.29) is 51.0 Å². The standard InChI is InChI=1S/C22H26Br2N2O4/c1-30-13-7-5-6-12(10-13)25-16(27)8-3-2-4-9-26-21(28)17-14-11-15(18(17)22(26)29)20(24)19(14)23/h5-7,10,14-15,17-20H,2-4,8-9,11H2,1H3,(H,25,27)/t14-,15-,17+,18+,19-,20-/m1/s1. The third-order valence-electron chi connectivity index (χ3n) is 6.72. The number of carbonyl (C=O) groups excluding carboxylic acids is 3. The second kappa shape index (κ2) is 8.99. The highest BCUT2D eigenvalue weighted by Crippen LogP contribution is 2.60. The molecule has 3 fully saturated rings. The lowest BCUT2D eigenvalue weighted by molar-refractivity contribution is -0.140. The summed E-state index contributed by atoms with van der Waals surface area (Å²) in [6.07, 6.45) is 3.61. The maximum absolute atomic E-state index is 12.9. The summed E-state index contributed by atoms with van der Waals surface area (Å²) in [5.41, 5.74) is 0.712. The summed E-state index contributed by atoms with van der Waals surface area (Å²) in [6.45, 7) is 0.460. The number of alkyl halides is 2. The number of ether oxygens (including phenoxy) is 1. The highest BCUT2D eigenvalue weighted by Gasteiger charge is 2.66. The molecule has 2 aliphatic carbocycles. The van der Waals surface area contributed by atoms with Gasteiger partial charge < -0.3 is 10.1 Å². The van der Waals surface area contributed by atoms with E-state index in [1.165, 1.54) is 4.90 Å². The SMILES string of the molecule is COc1cccc(NC(=O)CCCCCN2C(=O)[C@H]3[C@H]4C[C@@H]([C@@H](Br)[C@@H]4Br)[C@@H]3C2=O)c1. The number of anilines is 1. The number of unbranched alkanes of at least 4 members (excludes halogenated alkanes) is 2. The number of carbonyl (C=O) groups is 3. The first-order valence-electron chi connectivity index (χ1n) is 10.5. The van der Waals surface area contributed by atoms with E-state index in [1.54, 1.807) is 13.2 Å². The molecule has 3 aliphatic rings. The number of benzene rings is 1. The molecule has 1 aromatic carbocycles. The molecule has 0 unspecified atom stereocenters. The summed E-state index contributed by atoms with van der Waals surface area (Å²) in [7, 11) is 1.59. The van der Waals surface area contributed by atoms with E-state index < -0.39 is 0 Å². The van der Waals surface area contributed by atoms with Gasteiger partial charge in [-0.1, -0.05) is 44.3 Å². The fourth-order valence-corrected chi connectivity index (χ4v) is 7.16. The Hall–Kier alpha value is -1.41. The Kier molecular flexibility index (Phi) is 6.53. The highest BCUT2D eigenvalue weighted by atomic mass is 79.9. The second-order valence-electron chi connectivity index (χ2n) is 8.42. The van der Waals surface area contributed by atoms with E-state index in [4.69, 9.17) is 4.74 Å². The van der Waals surface area contributed by atoms with Crippen molar-refractivity contribution < 1.29 is 19.1 Å². The lowest BCUT2D eigenvalue weighted by Gasteiger charge is -2.28. The monoisotopic (exact) mass is 540 g/mol. The van der Waals surface area contributed by atoms with Crippen molar-refractivity contribution in [3.63, 3.8) is 0 Å². The Morgan fingerprint density at radius 2 is 1.77 bits per heavy atom. The minimum Gasteiger partial charge on any atom is -0.497 e. The zero-order chi connectivity index (χ0) is 21.4. The van der Waals surface area contributed by atoms with Gasteiger partial charge in [-0.15, -0.1) is 0 Å². The Balaban J connectivity index is 1.20. The number of methoxy groups -OCH3 is 1. The van der Waals surface area contributed by atoms with E-state index in [1.807, 2.05) is 18.2 Å². The van der Waals surface area contributed by atoms with Crippen LogP contribution in [0.2, 0.25) is 0 Å². The molecule has 0 aromatic heterocycles. The number of nitrogens with zero attached hydrogens (tertiary/aromatic N) is 1. The number of hydrogen-bond acceptors (Lipinski definition) is 4. The van der Waals surface area contributed by atoms with Gasteiger partial charge in [-0.2, -0.15) is 0 Å². The first-order chi connectivity index (χ1) is 14.4. The molecule has 1 aliphatic heterocycles. The number of likely N-dealkylation sites (tertiary alicyclic amines) is 1. The van der Waals surface area contributed by atoms with Crippen molar-refractivity contribution in [1.82, 2.24) is 4.90 Å². The molecule has 2 saturated carbocycles. The van der Waals surface area contributed by atoms with E-state index in [0.29, 0.717) is 24.4 Å². The van der Waals surface area contributed by atoms with Crippen molar-refractivity contribution in [2.24, 2.45) is 23.7 Å². The van der Waals surface area contributed by atoms with E-state index >= 15 is 0 Å². The average Bonchev–Trinajstić information content (AvgIpc) is 3.34. The number of fused-ring (bicyclic) bond motifs is 5. The Morgan fingerprint density at radius 1 is 1.10 bits per heavy atom. The van der Waals surface area contributed by atoms with E-state index in [9.17, 15) is 14.4 Å². The van der Waals surface area contributed by atoms with Crippen molar-refractivity contribution in [3.05, 3.63) is 24.3 Å². The minimum atomic E-state index is -0.144. The summed E-state index contributed by atoms with van der Waals surface area (Å²) in [5, 5.41) is 2.87. The van der Waals surface area contributed by atoms with Gasteiger partial charge in [0.15, 0.2) is 0 Å². The summed E-state index contributed by atoms with van der Waals surface area (Å²) in [5.74, 6) is 0.896. The molecule has 1 heterocycles. The Bertz CT molecular complexity index is 816. The van der Waals surface area contributed by atoms with E-state index in [2.05, 4.69) is 37.2 Å². The van der Waals surface area contributed by atoms with Gasteiger partial charge >= 0.3 is 0 Å². The smallest absolute Gasteiger partial charge is 0.233 e. The zero-order valence-corrected chi connectivity index (χ0v) is 20.0. The van der Waals surface area contributed by atoms with Gasteiger partial charge in [0.05, 0.1) is 18.9 Å².